The number of carbonyl (C=O) groups is 2. The van der Waals surface area contributed by atoms with E-state index in [4.69, 9.17) is 0 Å². The van der Waals surface area contributed by atoms with E-state index in [1.54, 1.807) is 6.20 Å². The van der Waals surface area contributed by atoms with Crippen molar-refractivity contribution in [1.29, 1.82) is 0 Å². The third-order valence-corrected chi connectivity index (χ3v) is 5.83. The minimum absolute atomic E-state index is 0.0248. The average molecular weight is 491 g/mol. The van der Waals surface area contributed by atoms with Crippen molar-refractivity contribution < 1.29 is 19.8 Å². The highest BCUT2D eigenvalue weighted by Crippen LogP contribution is 2.33. The minimum Gasteiger partial charge on any atom is -0.478 e. The number of aromatic nitrogens is 2. The van der Waals surface area contributed by atoms with Crippen LogP contribution in [-0.4, -0.2) is 32.1 Å². The number of rotatable bonds is 7. The lowest BCUT2D eigenvalue weighted by Crippen LogP contribution is -2.24. The molecule has 0 saturated heterocycles. The second kappa shape index (κ2) is 10.2. The van der Waals surface area contributed by atoms with E-state index in [-0.39, 0.29) is 22.5 Å². The molecule has 0 fully saturated rings. The summed E-state index contributed by atoms with van der Waals surface area (Å²) in [5.41, 5.74) is 3.87. The number of anilines is 2. The maximum atomic E-state index is 11.9. The molecular formula is C29H22N4O4. The Balaban J connectivity index is 1.59. The van der Waals surface area contributed by atoms with Crippen molar-refractivity contribution in [2.24, 2.45) is 0 Å². The molecule has 8 heteroatoms. The van der Waals surface area contributed by atoms with Crippen molar-refractivity contribution in [3.05, 3.63) is 132 Å². The monoisotopic (exact) mass is 490 g/mol. The van der Waals surface area contributed by atoms with E-state index in [2.05, 4.69) is 20.2 Å². The predicted molar refractivity (Wildman–Crippen MR) is 140 cm³/mol. The van der Waals surface area contributed by atoms with Crippen LogP contribution < -0.4 is 10.2 Å². The Hall–Kier alpha value is -5.24. The molecule has 0 aliphatic carbocycles. The number of hydrogen-bond acceptors (Lipinski definition) is 6. The quantitative estimate of drug-likeness (QED) is 0.315. The maximum Gasteiger partial charge on any atom is 0.335 e. The van der Waals surface area contributed by atoms with Crippen LogP contribution in [0.15, 0.2) is 115 Å². The van der Waals surface area contributed by atoms with Crippen LogP contribution in [0.5, 0.6) is 0 Å². The number of nitrogens with one attached hydrogen (secondary N) is 1. The molecule has 3 N–H and O–H groups in total. The van der Waals surface area contributed by atoms with E-state index < -0.39 is 18.0 Å². The fourth-order valence-electron chi connectivity index (χ4n) is 4.10. The first-order chi connectivity index (χ1) is 18.0. The Kier molecular flexibility index (Phi) is 6.46. The second-order valence-corrected chi connectivity index (χ2v) is 8.28. The summed E-state index contributed by atoms with van der Waals surface area (Å²) >= 11 is 0. The zero-order chi connectivity index (χ0) is 25.8. The molecule has 2 aromatic heterocycles. The topological polar surface area (TPSA) is 116 Å². The van der Waals surface area contributed by atoms with Crippen LogP contribution >= 0.6 is 0 Å². The first-order valence-corrected chi connectivity index (χ1v) is 11.5. The van der Waals surface area contributed by atoms with Gasteiger partial charge in [-0.1, -0.05) is 36.4 Å². The van der Waals surface area contributed by atoms with E-state index in [9.17, 15) is 19.8 Å². The van der Waals surface area contributed by atoms with Crippen molar-refractivity contribution >= 4 is 23.3 Å². The Morgan fingerprint density at radius 2 is 1.41 bits per heavy atom. The lowest BCUT2D eigenvalue weighted by Gasteiger charge is -2.30. The van der Waals surface area contributed by atoms with Gasteiger partial charge in [0.05, 0.1) is 34.3 Å². The second-order valence-electron chi connectivity index (χ2n) is 8.28. The first-order valence-electron chi connectivity index (χ1n) is 11.5. The lowest BCUT2D eigenvalue weighted by molar-refractivity contribution is 0.0685. The van der Waals surface area contributed by atoms with Crippen LogP contribution in [0.25, 0.3) is 11.4 Å². The predicted octanol–water partition coefficient (Wildman–Crippen LogP) is 5.42. The molecule has 0 amide bonds. The van der Waals surface area contributed by atoms with Crippen LogP contribution in [0.2, 0.25) is 0 Å². The summed E-state index contributed by atoms with van der Waals surface area (Å²) in [5.74, 6) is -2.23. The summed E-state index contributed by atoms with van der Waals surface area (Å²) in [4.78, 5) is 34.4. The maximum absolute atomic E-state index is 11.9. The van der Waals surface area contributed by atoms with Crippen molar-refractivity contribution in [3.8, 4) is 11.4 Å². The summed E-state index contributed by atoms with van der Waals surface area (Å²) in [6.07, 6.45) is 7.08. The molecule has 0 spiro atoms. The highest BCUT2D eigenvalue weighted by atomic mass is 16.4. The molecule has 1 atom stereocenters. The molecule has 37 heavy (non-hydrogen) atoms. The number of para-hydroxylation sites is 2. The molecular weight excluding hydrogens is 468 g/mol. The SMILES string of the molecule is O=C(O)c1ccnc(-c2cc(C(=O)O)cc(C3C=C(N(c4ccccc4)c4ccccc4)C=CN3)n2)c1. The summed E-state index contributed by atoms with van der Waals surface area (Å²) in [7, 11) is 0. The zero-order valence-electron chi connectivity index (χ0n) is 19.5. The highest BCUT2D eigenvalue weighted by molar-refractivity contribution is 5.90. The molecule has 3 heterocycles. The number of nitrogens with zero attached hydrogens (tertiary/aromatic N) is 3. The highest BCUT2D eigenvalue weighted by Gasteiger charge is 2.21. The number of benzene rings is 2. The van der Waals surface area contributed by atoms with Gasteiger partial charge in [0.15, 0.2) is 0 Å². The van der Waals surface area contributed by atoms with Crippen LogP contribution in [0.1, 0.15) is 32.5 Å². The van der Waals surface area contributed by atoms with Crippen molar-refractivity contribution in [1.82, 2.24) is 15.3 Å². The van der Waals surface area contributed by atoms with Crippen molar-refractivity contribution in [2.45, 2.75) is 6.04 Å². The van der Waals surface area contributed by atoms with E-state index in [0.717, 1.165) is 17.1 Å². The number of aromatic carboxylic acids is 2. The third kappa shape index (κ3) is 5.08. The van der Waals surface area contributed by atoms with Gasteiger partial charge in [0.25, 0.3) is 0 Å². The first kappa shape index (κ1) is 23.5. The van der Waals surface area contributed by atoms with Gasteiger partial charge < -0.3 is 20.4 Å². The smallest absolute Gasteiger partial charge is 0.335 e. The van der Waals surface area contributed by atoms with Gasteiger partial charge in [0.1, 0.15) is 0 Å². The summed E-state index contributed by atoms with van der Waals surface area (Å²) in [5, 5.41) is 22.4. The number of pyridine rings is 2. The van der Waals surface area contributed by atoms with E-state index >= 15 is 0 Å². The lowest BCUT2D eigenvalue weighted by atomic mass is 10.0. The zero-order valence-corrected chi connectivity index (χ0v) is 19.5. The molecule has 0 saturated carbocycles. The molecule has 182 valence electrons. The molecule has 5 rings (SSSR count). The van der Waals surface area contributed by atoms with E-state index in [1.807, 2.05) is 72.8 Å². The van der Waals surface area contributed by atoms with Gasteiger partial charge in [-0.25, -0.2) is 14.6 Å². The van der Waals surface area contributed by atoms with Gasteiger partial charge in [0, 0.05) is 23.3 Å². The Morgan fingerprint density at radius 3 is 2.03 bits per heavy atom. The molecule has 2 aromatic carbocycles. The van der Waals surface area contributed by atoms with Crippen LogP contribution in [0.3, 0.4) is 0 Å². The standard InChI is InChI=1S/C29H22N4O4/c34-28(35)19-11-13-30-24(15-19)26-16-20(29(36)37)17-27(32-26)25-18-23(12-14-31-25)33(21-7-3-1-4-8-21)22-9-5-2-6-10-22/h1-18,25,31H,(H,34,35)(H,36,37). The Labute approximate surface area is 212 Å². The van der Waals surface area contributed by atoms with Gasteiger partial charge in [-0.2, -0.15) is 0 Å². The minimum atomic E-state index is -1.12. The fraction of sp³-hybridized carbons (Fsp3) is 0.0345. The normalized spacial score (nSPS) is 14.4. The molecule has 1 aliphatic rings. The molecule has 0 radical (unpaired) electrons. The number of carboxylic acid groups (broad SMARTS) is 2. The third-order valence-electron chi connectivity index (χ3n) is 5.83. The van der Waals surface area contributed by atoms with Crippen LogP contribution in [0, 0.1) is 0 Å². The van der Waals surface area contributed by atoms with Crippen LogP contribution in [0.4, 0.5) is 11.4 Å². The van der Waals surface area contributed by atoms with Gasteiger partial charge in [-0.3, -0.25) is 4.98 Å². The molecule has 0 bridgehead atoms. The number of carboxylic acids is 2. The average Bonchev–Trinajstić information content (AvgIpc) is 2.94. The molecule has 8 nitrogen and oxygen atoms in total. The molecule has 1 aliphatic heterocycles. The van der Waals surface area contributed by atoms with Crippen LogP contribution in [-0.2, 0) is 0 Å². The van der Waals surface area contributed by atoms with E-state index in [1.165, 1.54) is 30.5 Å². The molecule has 4 aromatic rings. The van der Waals surface area contributed by atoms with Gasteiger partial charge >= 0.3 is 11.9 Å². The molecule has 1 unspecified atom stereocenters. The van der Waals surface area contributed by atoms with E-state index in [0.29, 0.717) is 5.69 Å². The summed E-state index contributed by atoms with van der Waals surface area (Å²) in [6, 6.07) is 25.0. The largest absolute Gasteiger partial charge is 0.478 e. The van der Waals surface area contributed by atoms with Crippen molar-refractivity contribution in [3.63, 3.8) is 0 Å². The summed E-state index contributed by atoms with van der Waals surface area (Å²) in [6.45, 7) is 0. The Bertz CT molecular complexity index is 1480. The Morgan fingerprint density at radius 1 is 0.784 bits per heavy atom. The van der Waals surface area contributed by atoms with Gasteiger partial charge in [-0.05, 0) is 66.9 Å². The van der Waals surface area contributed by atoms with Crippen molar-refractivity contribution in [2.75, 3.05) is 4.90 Å². The number of allylic oxidation sites excluding steroid dienone is 1. The fourth-order valence-corrected chi connectivity index (χ4v) is 4.10. The number of hydrogen-bond donors (Lipinski definition) is 3. The van der Waals surface area contributed by atoms with Gasteiger partial charge in [-0.15, -0.1) is 0 Å². The van der Waals surface area contributed by atoms with Gasteiger partial charge in [0.2, 0.25) is 0 Å². The summed E-state index contributed by atoms with van der Waals surface area (Å²) < 4.78 is 0. The number of dihydropyridines is 1.